The Kier molecular flexibility index (Phi) is 4.62. The molecule has 0 spiro atoms. The van der Waals surface area contributed by atoms with Crippen molar-refractivity contribution in [2.24, 2.45) is 11.8 Å². The van der Waals surface area contributed by atoms with Crippen LogP contribution in [0.25, 0.3) is 0 Å². The van der Waals surface area contributed by atoms with Crippen molar-refractivity contribution in [3.63, 3.8) is 0 Å². The number of hydrogen-bond acceptors (Lipinski definition) is 2. The summed E-state index contributed by atoms with van der Waals surface area (Å²) in [6, 6.07) is 0. The van der Waals surface area contributed by atoms with Gasteiger partial charge in [0.05, 0.1) is 10.7 Å². The van der Waals surface area contributed by atoms with Gasteiger partial charge in [0.1, 0.15) is 0 Å². The quantitative estimate of drug-likeness (QED) is 0.852. The Balaban J connectivity index is 1.75. The number of likely N-dealkylation sites (tertiary alicyclic amines) is 1. The molecule has 2 heterocycles. The molecule has 3 nitrogen and oxygen atoms in total. The van der Waals surface area contributed by atoms with E-state index in [9.17, 15) is 0 Å². The van der Waals surface area contributed by atoms with Crippen LogP contribution in [0.3, 0.4) is 0 Å². The fourth-order valence-electron chi connectivity index (χ4n) is 2.57. The molecule has 1 aromatic rings. The summed E-state index contributed by atoms with van der Waals surface area (Å²) in [4.78, 5) is 2.60. The molecule has 17 heavy (non-hydrogen) atoms. The third kappa shape index (κ3) is 4.11. The van der Waals surface area contributed by atoms with E-state index in [4.69, 9.17) is 0 Å². The zero-order valence-electron chi connectivity index (χ0n) is 10.8. The van der Waals surface area contributed by atoms with E-state index in [-0.39, 0.29) is 0 Å². The molecule has 1 aromatic heterocycles. The number of hydrogen-bond donors (Lipinski definition) is 0. The molecule has 0 aliphatic carbocycles. The molecule has 0 unspecified atom stereocenters. The van der Waals surface area contributed by atoms with Crippen molar-refractivity contribution in [2.45, 2.75) is 33.2 Å². The minimum absolute atomic E-state index is 0.786. The van der Waals surface area contributed by atoms with Crippen LogP contribution in [0.5, 0.6) is 0 Å². The lowest BCUT2D eigenvalue weighted by Crippen LogP contribution is -2.37. The van der Waals surface area contributed by atoms with Gasteiger partial charge >= 0.3 is 0 Å². The number of halogens is 1. The fraction of sp³-hybridized carbons (Fsp3) is 0.769. The van der Waals surface area contributed by atoms with Gasteiger partial charge in [0.2, 0.25) is 0 Å². The van der Waals surface area contributed by atoms with Crippen LogP contribution in [0.1, 0.15) is 26.7 Å². The van der Waals surface area contributed by atoms with Gasteiger partial charge in [-0.05, 0) is 53.7 Å². The Bertz CT molecular complexity index is 340. The van der Waals surface area contributed by atoms with E-state index >= 15 is 0 Å². The smallest absolute Gasteiger partial charge is 0.0632 e. The van der Waals surface area contributed by atoms with Gasteiger partial charge in [-0.3, -0.25) is 4.68 Å². The van der Waals surface area contributed by atoms with Crippen molar-refractivity contribution in [3.05, 3.63) is 16.9 Å². The Morgan fingerprint density at radius 2 is 2.12 bits per heavy atom. The second-order valence-electron chi connectivity index (χ2n) is 5.52. The van der Waals surface area contributed by atoms with Crippen molar-refractivity contribution in [1.29, 1.82) is 0 Å². The van der Waals surface area contributed by atoms with Crippen LogP contribution in [0.2, 0.25) is 0 Å². The minimum Gasteiger partial charge on any atom is -0.303 e. The van der Waals surface area contributed by atoms with Crippen molar-refractivity contribution >= 4 is 15.9 Å². The number of aromatic nitrogens is 2. The summed E-state index contributed by atoms with van der Waals surface area (Å²) in [6.45, 7) is 9.43. The van der Waals surface area contributed by atoms with E-state index in [1.807, 2.05) is 6.20 Å². The summed E-state index contributed by atoms with van der Waals surface area (Å²) in [5, 5.41) is 4.33. The van der Waals surface area contributed by atoms with E-state index in [0.29, 0.717) is 0 Å². The van der Waals surface area contributed by atoms with Crippen molar-refractivity contribution in [2.75, 3.05) is 19.6 Å². The molecule has 2 rings (SSSR count). The van der Waals surface area contributed by atoms with Crippen LogP contribution in [0, 0.1) is 11.8 Å². The molecule has 96 valence electrons. The van der Waals surface area contributed by atoms with Crippen LogP contribution in [-0.4, -0.2) is 34.3 Å². The monoisotopic (exact) mass is 299 g/mol. The van der Waals surface area contributed by atoms with Crippen molar-refractivity contribution in [1.82, 2.24) is 14.7 Å². The molecule has 1 saturated heterocycles. The minimum atomic E-state index is 0.786. The number of rotatable bonds is 4. The zero-order valence-corrected chi connectivity index (χ0v) is 12.4. The molecule has 0 N–H and O–H groups in total. The second-order valence-corrected chi connectivity index (χ2v) is 6.43. The fourth-order valence-corrected chi connectivity index (χ4v) is 2.90. The van der Waals surface area contributed by atoms with E-state index in [2.05, 4.69) is 50.7 Å². The topological polar surface area (TPSA) is 21.1 Å². The highest BCUT2D eigenvalue weighted by Crippen LogP contribution is 2.20. The highest BCUT2D eigenvalue weighted by Gasteiger charge is 2.20. The van der Waals surface area contributed by atoms with Gasteiger partial charge < -0.3 is 4.90 Å². The highest BCUT2D eigenvalue weighted by molar-refractivity contribution is 9.10. The van der Waals surface area contributed by atoms with E-state index in [0.717, 1.165) is 22.9 Å². The van der Waals surface area contributed by atoms with Crippen LogP contribution >= 0.6 is 15.9 Å². The molecular weight excluding hydrogens is 278 g/mol. The normalized spacial score (nSPS) is 19.1. The first-order valence-electron chi connectivity index (χ1n) is 6.54. The molecular formula is C13H22BrN3. The Morgan fingerprint density at radius 1 is 1.41 bits per heavy atom. The Labute approximate surface area is 112 Å². The maximum atomic E-state index is 4.33. The number of piperidine rings is 1. The first-order valence-corrected chi connectivity index (χ1v) is 7.33. The molecule has 0 amide bonds. The summed E-state index contributed by atoms with van der Waals surface area (Å²) >= 11 is 3.44. The number of nitrogens with zero attached hydrogens (tertiary/aromatic N) is 3. The summed E-state index contributed by atoms with van der Waals surface area (Å²) in [5.74, 6) is 1.58. The molecule has 0 aromatic carbocycles. The lowest BCUT2D eigenvalue weighted by molar-refractivity contribution is 0.157. The van der Waals surface area contributed by atoms with Crippen molar-refractivity contribution < 1.29 is 0 Å². The van der Waals surface area contributed by atoms with Crippen LogP contribution in [-0.2, 0) is 6.54 Å². The average Bonchev–Trinajstić information content (AvgIpc) is 2.66. The Morgan fingerprint density at radius 3 is 2.65 bits per heavy atom. The highest BCUT2D eigenvalue weighted by atomic mass is 79.9. The maximum absolute atomic E-state index is 4.33. The standard InChI is InChI=1S/C13H22BrN3/c1-11(2)8-16-5-3-12(4-6-16)9-17-10-13(14)7-15-17/h7,10-12H,3-6,8-9H2,1-2H3. The summed E-state index contributed by atoms with van der Waals surface area (Å²) in [5.41, 5.74) is 0. The van der Waals surface area contributed by atoms with Gasteiger partial charge in [-0.2, -0.15) is 5.10 Å². The largest absolute Gasteiger partial charge is 0.303 e. The maximum Gasteiger partial charge on any atom is 0.0632 e. The molecule has 0 atom stereocenters. The molecule has 0 saturated carbocycles. The molecule has 1 fully saturated rings. The van der Waals surface area contributed by atoms with E-state index in [1.165, 1.54) is 32.5 Å². The average molecular weight is 300 g/mol. The predicted octanol–water partition coefficient (Wildman–Crippen LogP) is 3.01. The van der Waals surface area contributed by atoms with Gasteiger partial charge in [0.25, 0.3) is 0 Å². The molecule has 0 bridgehead atoms. The SMILES string of the molecule is CC(C)CN1CCC(Cn2cc(Br)cn2)CC1. The first-order chi connectivity index (χ1) is 8.13. The van der Waals surface area contributed by atoms with Gasteiger partial charge in [-0.25, -0.2) is 0 Å². The first kappa shape index (κ1) is 13.1. The van der Waals surface area contributed by atoms with Crippen LogP contribution in [0.4, 0.5) is 0 Å². The Hall–Kier alpha value is -0.350. The van der Waals surface area contributed by atoms with Gasteiger partial charge in [-0.15, -0.1) is 0 Å². The van der Waals surface area contributed by atoms with E-state index < -0.39 is 0 Å². The van der Waals surface area contributed by atoms with Gasteiger partial charge in [0, 0.05) is 19.3 Å². The summed E-state index contributed by atoms with van der Waals surface area (Å²) in [6.07, 6.45) is 6.56. The molecule has 1 aliphatic rings. The molecule has 1 aliphatic heterocycles. The summed E-state index contributed by atoms with van der Waals surface area (Å²) < 4.78 is 3.14. The van der Waals surface area contributed by atoms with Crippen LogP contribution in [0.15, 0.2) is 16.9 Å². The third-order valence-corrected chi connectivity index (χ3v) is 3.79. The predicted molar refractivity (Wildman–Crippen MR) is 73.9 cm³/mol. The molecule has 4 heteroatoms. The molecule has 0 radical (unpaired) electrons. The van der Waals surface area contributed by atoms with Gasteiger partial charge in [-0.1, -0.05) is 13.8 Å². The van der Waals surface area contributed by atoms with Crippen molar-refractivity contribution in [3.8, 4) is 0 Å². The lowest BCUT2D eigenvalue weighted by Gasteiger charge is -2.32. The van der Waals surface area contributed by atoms with E-state index in [1.54, 1.807) is 0 Å². The lowest BCUT2D eigenvalue weighted by atomic mass is 9.96. The van der Waals surface area contributed by atoms with Gasteiger partial charge in [0.15, 0.2) is 0 Å². The van der Waals surface area contributed by atoms with Crippen LogP contribution < -0.4 is 0 Å². The second kappa shape index (κ2) is 6.01. The third-order valence-electron chi connectivity index (χ3n) is 3.38. The zero-order chi connectivity index (χ0) is 12.3. The summed E-state index contributed by atoms with van der Waals surface area (Å²) in [7, 11) is 0.